The van der Waals surface area contributed by atoms with Crippen molar-refractivity contribution in [1.29, 1.82) is 0 Å². The summed E-state index contributed by atoms with van der Waals surface area (Å²) >= 11 is 0. The highest BCUT2D eigenvalue weighted by Crippen LogP contribution is 2.48. The van der Waals surface area contributed by atoms with E-state index in [0.29, 0.717) is 16.7 Å². The van der Waals surface area contributed by atoms with Crippen LogP contribution in [0.3, 0.4) is 0 Å². The largest absolute Gasteiger partial charge is 0.490 e. The number of aliphatic hydroxyl groups excluding tert-OH is 1. The summed E-state index contributed by atoms with van der Waals surface area (Å²) in [6.45, 7) is 0.289. The molecule has 32 heavy (non-hydrogen) atoms. The minimum atomic E-state index is -6.46. The molecule has 2 N–H and O–H groups in total. The van der Waals surface area contributed by atoms with Crippen LogP contribution in [-0.4, -0.2) is 58.4 Å². The summed E-state index contributed by atoms with van der Waals surface area (Å²) in [7, 11) is 0. The van der Waals surface area contributed by atoms with Gasteiger partial charge in [0.05, 0.1) is 5.52 Å². The van der Waals surface area contributed by atoms with Gasteiger partial charge in [0, 0.05) is 28.9 Å². The van der Waals surface area contributed by atoms with Crippen LogP contribution in [-0.2, 0) is 0 Å². The maximum atomic E-state index is 14.2. The number of hydrogen-bond donors (Lipinski definition) is 2. The minimum absolute atomic E-state index is 0.294. The minimum Gasteiger partial charge on any atom is -0.490 e. The summed E-state index contributed by atoms with van der Waals surface area (Å²) < 4.78 is 98.5. The molecule has 0 aliphatic rings. The van der Waals surface area contributed by atoms with E-state index in [4.69, 9.17) is 4.74 Å². The van der Waals surface area contributed by atoms with Crippen molar-refractivity contribution < 1.29 is 40.6 Å². The Balaban J connectivity index is 1.79. The molecular formula is C21H21F7N2O2. The number of aliphatic hydroxyl groups is 1. The smallest absolute Gasteiger partial charge is 0.461 e. The van der Waals surface area contributed by atoms with Crippen molar-refractivity contribution in [3.05, 3.63) is 42.5 Å². The highest BCUT2D eigenvalue weighted by molar-refractivity contribution is 6.10. The zero-order valence-electron chi connectivity index (χ0n) is 17.1. The number of aromatic amines is 1. The van der Waals surface area contributed by atoms with E-state index in [1.54, 1.807) is 24.3 Å². The number of rotatable bonds is 8. The van der Waals surface area contributed by atoms with E-state index in [1.165, 1.54) is 0 Å². The Morgan fingerprint density at radius 1 is 0.938 bits per heavy atom. The maximum Gasteiger partial charge on any atom is 0.461 e. The first-order chi connectivity index (χ1) is 14.8. The van der Waals surface area contributed by atoms with E-state index in [0.717, 1.165) is 24.8 Å². The Morgan fingerprint density at radius 2 is 1.56 bits per heavy atom. The third kappa shape index (κ3) is 4.23. The molecule has 0 aliphatic heterocycles. The van der Waals surface area contributed by atoms with Crippen LogP contribution >= 0.6 is 0 Å². The molecule has 0 saturated carbocycles. The molecule has 3 rings (SSSR count). The van der Waals surface area contributed by atoms with Crippen LogP contribution in [0.2, 0.25) is 0 Å². The van der Waals surface area contributed by atoms with Crippen molar-refractivity contribution in [1.82, 2.24) is 9.88 Å². The van der Waals surface area contributed by atoms with Crippen LogP contribution in [0.4, 0.5) is 30.7 Å². The van der Waals surface area contributed by atoms with Gasteiger partial charge >= 0.3 is 18.1 Å². The second-order valence-electron chi connectivity index (χ2n) is 7.67. The molecule has 1 atom stereocenters. The number of nitrogens with one attached hydrogen (secondary N) is 1. The Morgan fingerprint density at radius 3 is 2.19 bits per heavy atom. The standard InChI is InChI=1S/C21H21F7N2O2/c1-12(2)30(21(27,28)19(22,23)20(24,25)26)10-13(31)11-32-17-9-5-8-16-18(17)14-6-3-4-7-15(14)29-16/h3-9,12-13,29,31H,10-11H2,1-2H3. The molecule has 0 spiro atoms. The molecule has 0 bridgehead atoms. The first kappa shape index (κ1) is 24.1. The Labute approximate surface area is 178 Å². The lowest BCUT2D eigenvalue weighted by Crippen LogP contribution is -2.64. The van der Waals surface area contributed by atoms with Gasteiger partial charge < -0.3 is 14.8 Å². The molecule has 11 heteroatoms. The first-order valence-corrected chi connectivity index (χ1v) is 9.66. The molecular weight excluding hydrogens is 445 g/mol. The summed E-state index contributed by atoms with van der Waals surface area (Å²) in [6.07, 6.45) is -8.23. The van der Waals surface area contributed by atoms with Crippen molar-refractivity contribution in [2.75, 3.05) is 13.2 Å². The zero-order chi connectivity index (χ0) is 23.9. The summed E-state index contributed by atoms with van der Waals surface area (Å²) in [4.78, 5) is 2.79. The molecule has 176 valence electrons. The van der Waals surface area contributed by atoms with Crippen LogP contribution in [0.5, 0.6) is 5.75 Å². The lowest BCUT2D eigenvalue weighted by Gasteiger charge is -2.39. The molecule has 0 aliphatic carbocycles. The summed E-state index contributed by atoms with van der Waals surface area (Å²) in [5.74, 6) is -6.01. The number of nitrogens with zero attached hydrogens (tertiary/aromatic N) is 1. The first-order valence-electron chi connectivity index (χ1n) is 9.66. The average Bonchev–Trinajstić information content (AvgIpc) is 3.08. The predicted molar refractivity (Wildman–Crippen MR) is 105 cm³/mol. The number of aromatic nitrogens is 1. The molecule has 0 radical (unpaired) electrons. The number of benzene rings is 2. The van der Waals surface area contributed by atoms with E-state index in [9.17, 15) is 35.8 Å². The molecule has 1 unspecified atom stereocenters. The van der Waals surface area contributed by atoms with Gasteiger partial charge in [0.2, 0.25) is 0 Å². The molecule has 0 fully saturated rings. The maximum absolute atomic E-state index is 14.2. The molecule has 4 nitrogen and oxygen atoms in total. The molecule has 0 saturated heterocycles. The highest BCUT2D eigenvalue weighted by Gasteiger charge is 2.75. The van der Waals surface area contributed by atoms with Gasteiger partial charge in [-0.1, -0.05) is 24.3 Å². The van der Waals surface area contributed by atoms with Crippen LogP contribution in [0.15, 0.2) is 42.5 Å². The third-order valence-electron chi connectivity index (χ3n) is 5.05. The average molecular weight is 466 g/mol. The van der Waals surface area contributed by atoms with Gasteiger partial charge in [-0.15, -0.1) is 0 Å². The van der Waals surface area contributed by atoms with E-state index in [-0.39, 0.29) is 4.90 Å². The molecule has 2 aromatic carbocycles. The van der Waals surface area contributed by atoms with Crippen LogP contribution < -0.4 is 4.74 Å². The number of fused-ring (bicyclic) bond motifs is 3. The fourth-order valence-corrected chi connectivity index (χ4v) is 3.45. The van der Waals surface area contributed by atoms with Crippen LogP contribution in [0.25, 0.3) is 21.8 Å². The van der Waals surface area contributed by atoms with Gasteiger partial charge in [-0.2, -0.15) is 30.7 Å². The van der Waals surface area contributed by atoms with Crippen molar-refractivity contribution in [2.24, 2.45) is 0 Å². The van der Waals surface area contributed by atoms with Gasteiger partial charge in [-0.3, -0.25) is 0 Å². The van der Waals surface area contributed by atoms with Crippen molar-refractivity contribution >= 4 is 21.8 Å². The van der Waals surface area contributed by atoms with Gasteiger partial charge in [0.25, 0.3) is 0 Å². The quantitative estimate of drug-likeness (QED) is 0.338. The Bertz CT molecular complexity index is 1080. The lowest BCUT2D eigenvalue weighted by molar-refractivity contribution is -0.393. The topological polar surface area (TPSA) is 48.5 Å². The highest BCUT2D eigenvalue weighted by atomic mass is 19.4. The van der Waals surface area contributed by atoms with E-state index >= 15 is 0 Å². The normalized spacial score (nSPS) is 14.6. The molecule has 3 aromatic rings. The van der Waals surface area contributed by atoms with Crippen molar-refractivity contribution in [3.63, 3.8) is 0 Å². The molecule has 0 amide bonds. The fourth-order valence-electron chi connectivity index (χ4n) is 3.45. The predicted octanol–water partition coefficient (Wildman–Crippen LogP) is 5.56. The number of alkyl halides is 7. The van der Waals surface area contributed by atoms with Crippen LogP contribution in [0.1, 0.15) is 13.8 Å². The van der Waals surface area contributed by atoms with Crippen LogP contribution in [0, 0.1) is 0 Å². The lowest BCUT2D eigenvalue weighted by atomic mass is 10.1. The third-order valence-corrected chi connectivity index (χ3v) is 5.05. The Kier molecular flexibility index (Phi) is 6.36. The van der Waals surface area contributed by atoms with Gasteiger partial charge in [-0.05, 0) is 32.0 Å². The SMILES string of the molecule is CC(C)N(CC(O)COc1cccc2[nH]c3ccccc3c12)C(F)(F)C(F)(F)C(F)(F)F. The van der Waals surface area contributed by atoms with Gasteiger partial charge in [0.1, 0.15) is 18.5 Å². The summed E-state index contributed by atoms with van der Waals surface area (Å²) in [5, 5.41) is 11.6. The van der Waals surface area contributed by atoms with Crippen molar-refractivity contribution in [2.45, 2.75) is 44.1 Å². The summed E-state index contributed by atoms with van der Waals surface area (Å²) in [5.41, 5.74) is 1.51. The monoisotopic (exact) mass is 466 g/mol. The van der Waals surface area contributed by atoms with Crippen molar-refractivity contribution in [3.8, 4) is 5.75 Å². The van der Waals surface area contributed by atoms with E-state index in [2.05, 4.69) is 4.98 Å². The van der Waals surface area contributed by atoms with Gasteiger partial charge in [0.15, 0.2) is 0 Å². The molecule has 1 aromatic heterocycles. The van der Waals surface area contributed by atoms with Gasteiger partial charge in [-0.25, -0.2) is 4.90 Å². The molecule has 1 heterocycles. The number of H-pyrrole nitrogens is 1. The number of hydrogen-bond acceptors (Lipinski definition) is 3. The van der Waals surface area contributed by atoms with E-state index < -0.39 is 43.4 Å². The zero-order valence-corrected chi connectivity index (χ0v) is 17.1. The second-order valence-corrected chi connectivity index (χ2v) is 7.67. The number of ether oxygens (including phenoxy) is 1. The fraction of sp³-hybridized carbons (Fsp3) is 0.429. The summed E-state index contributed by atoms with van der Waals surface area (Å²) in [6, 6.07) is 5.26. The number of para-hydroxylation sites is 1. The van der Waals surface area contributed by atoms with E-state index in [1.807, 2.05) is 18.2 Å². The Hall–Kier alpha value is -2.53. The number of halogens is 7. The second kappa shape index (κ2) is 8.43.